The third-order valence-electron chi connectivity index (χ3n) is 2.04. The van der Waals surface area contributed by atoms with Crippen molar-refractivity contribution in [3.8, 4) is 0 Å². The van der Waals surface area contributed by atoms with Gasteiger partial charge in [0.1, 0.15) is 5.78 Å². The van der Waals surface area contributed by atoms with Gasteiger partial charge in [-0.25, -0.2) is 0 Å². The van der Waals surface area contributed by atoms with Crippen LogP contribution in [-0.4, -0.2) is 5.78 Å². The third kappa shape index (κ3) is 45.4. The Hall–Kier alpha value is 4.09. The summed E-state index contributed by atoms with van der Waals surface area (Å²) < 4.78 is 0. The molecule has 5 heteroatoms. The zero-order chi connectivity index (χ0) is 14.0. The first-order valence-corrected chi connectivity index (χ1v) is 7.01. The van der Waals surface area contributed by atoms with Crippen molar-refractivity contribution in [1.29, 1.82) is 0 Å². The van der Waals surface area contributed by atoms with Crippen LogP contribution in [0.15, 0.2) is 0 Å². The molecule has 0 bridgehead atoms. The largest absolute Gasteiger partial charge is 0.323 e. The van der Waals surface area contributed by atoms with Crippen molar-refractivity contribution in [3.05, 3.63) is 6.42 Å². The van der Waals surface area contributed by atoms with Gasteiger partial charge in [-0.3, -0.25) is 4.79 Å². The summed E-state index contributed by atoms with van der Waals surface area (Å²) in [6.07, 6.45) is 3.83. The summed E-state index contributed by atoms with van der Waals surface area (Å²) in [5.74, 6) is 2.95. The monoisotopic (exact) mass is 597 g/mol. The summed E-state index contributed by atoms with van der Waals surface area (Å²) in [7, 11) is 0. The van der Waals surface area contributed by atoms with Crippen molar-refractivity contribution in [1.82, 2.24) is 0 Å². The molecule has 4 radical (unpaired) electrons. The second kappa shape index (κ2) is 26.3. The van der Waals surface area contributed by atoms with E-state index in [0.717, 1.165) is 24.7 Å². The van der Waals surface area contributed by atoms with Crippen LogP contribution in [0, 0.1) is 30.1 Å². The van der Waals surface area contributed by atoms with Crippen LogP contribution in [0.5, 0.6) is 0 Å². The van der Waals surface area contributed by atoms with Crippen LogP contribution in [0.4, 0.5) is 0 Å². The van der Waals surface area contributed by atoms with Crippen molar-refractivity contribution in [2.45, 2.75) is 68.2 Å². The smallest absolute Gasteiger partial charge is 0.133 e. The molecule has 116 valence electrons. The molecule has 0 fully saturated rings. The Kier molecular flexibility index (Phi) is 50.1. The molecule has 0 spiro atoms. The fraction of sp³-hybridized carbons (Fsp3) is 0.875. The minimum absolute atomic E-state index is 0. The molecule has 0 aliphatic rings. The number of carbonyl (C=O) groups is 1. The predicted octanol–water partition coefficient (Wildman–Crippen LogP) is 5.14. The Bertz CT molecular complexity index is 175. The van der Waals surface area contributed by atoms with Crippen LogP contribution < -0.4 is 0 Å². The van der Waals surface area contributed by atoms with E-state index in [0.29, 0.717) is 17.6 Å². The quantitative estimate of drug-likeness (QED) is 0.388. The fourth-order valence-corrected chi connectivity index (χ4v) is 1.76. The van der Waals surface area contributed by atoms with Crippen molar-refractivity contribution in [2.24, 2.45) is 23.7 Å². The van der Waals surface area contributed by atoms with Gasteiger partial charge >= 0.3 is 0 Å². The van der Waals surface area contributed by atoms with E-state index >= 15 is 0 Å². The average molecular weight is 597 g/mol. The maximum Gasteiger partial charge on any atom is 0.133 e. The number of ketones is 1. The zero-order valence-electron chi connectivity index (χ0n) is 15.5. The van der Waals surface area contributed by atoms with E-state index in [9.17, 15) is 4.79 Å². The van der Waals surface area contributed by atoms with E-state index < -0.39 is 0 Å². The molecule has 0 N–H and O–H groups in total. The summed E-state index contributed by atoms with van der Waals surface area (Å²) in [6, 6.07) is 0. The van der Waals surface area contributed by atoms with Crippen LogP contribution >= 0.6 is 0 Å². The second-order valence-corrected chi connectivity index (χ2v) is 6.42. The minimum Gasteiger partial charge on any atom is -0.323 e. The molecule has 0 amide bonds. The first-order valence-electron chi connectivity index (χ1n) is 7.01. The molecule has 0 aromatic rings. The number of hydrogen-bond donors (Lipinski definition) is 0. The molecule has 0 rings (SSSR count). The van der Waals surface area contributed by atoms with Crippen molar-refractivity contribution in [2.75, 3.05) is 0 Å². The van der Waals surface area contributed by atoms with Gasteiger partial charge in [-0.2, -0.15) is 11.8 Å². The molecular weight excluding hydrogens is 564 g/mol. The van der Waals surface area contributed by atoms with E-state index in [1.165, 1.54) is 0 Å². The van der Waals surface area contributed by atoms with E-state index in [2.05, 4.69) is 61.8 Å². The van der Waals surface area contributed by atoms with Crippen LogP contribution in [0.2, 0.25) is 0 Å². The van der Waals surface area contributed by atoms with E-state index in [1.54, 1.807) is 0 Å². The van der Waals surface area contributed by atoms with Gasteiger partial charge in [0.25, 0.3) is 0 Å². The Labute approximate surface area is 235 Å². The van der Waals surface area contributed by atoms with Gasteiger partial charge in [-0.05, 0) is 11.8 Å². The van der Waals surface area contributed by atoms with Gasteiger partial charge in [-0.1, -0.05) is 55.4 Å². The zero-order valence-corrected chi connectivity index (χ0v) is 26.9. The molecule has 0 aromatic heterocycles. The molecule has 21 heavy (non-hydrogen) atoms. The van der Waals surface area contributed by atoms with Crippen molar-refractivity contribution >= 4 is 5.78 Å². The summed E-state index contributed by atoms with van der Waals surface area (Å²) in [4.78, 5) is 11.1. The molecule has 0 heterocycles. The second-order valence-electron chi connectivity index (χ2n) is 6.42. The SMILES string of the molecule is CC(C)CC(=O)CC(C)C.CC(C)[CH-]C(C)C.[Y].[Y].[Y].[Y]. The van der Waals surface area contributed by atoms with Crippen LogP contribution in [0.25, 0.3) is 0 Å². The van der Waals surface area contributed by atoms with Gasteiger partial charge in [0.15, 0.2) is 0 Å². The topological polar surface area (TPSA) is 17.1 Å². The Morgan fingerprint density at radius 1 is 0.667 bits per heavy atom. The third-order valence-corrected chi connectivity index (χ3v) is 2.04. The first-order chi connectivity index (χ1) is 7.65. The maximum absolute atomic E-state index is 11.1. The van der Waals surface area contributed by atoms with Gasteiger partial charge in [0.2, 0.25) is 0 Å². The molecule has 0 atom stereocenters. The summed E-state index contributed by atoms with van der Waals surface area (Å²) in [5, 5.41) is 0. The van der Waals surface area contributed by atoms with E-state index in [4.69, 9.17) is 0 Å². The van der Waals surface area contributed by atoms with E-state index in [1.807, 2.05) is 0 Å². The number of rotatable bonds is 6. The molecule has 0 aromatic carbocycles. The molecule has 1 nitrogen and oxygen atoms in total. The van der Waals surface area contributed by atoms with E-state index in [-0.39, 0.29) is 131 Å². The number of hydrogen-bond acceptors (Lipinski definition) is 1. The van der Waals surface area contributed by atoms with Gasteiger partial charge in [0, 0.05) is 144 Å². The molecular formula is C16H33OY4-. The van der Waals surface area contributed by atoms with Crippen LogP contribution in [-0.2, 0) is 136 Å². The average Bonchev–Trinajstić information content (AvgIpc) is 1.97. The van der Waals surface area contributed by atoms with Gasteiger partial charge < -0.3 is 6.42 Å². The molecule has 0 saturated heterocycles. The van der Waals surface area contributed by atoms with Crippen LogP contribution in [0.1, 0.15) is 68.2 Å². The Balaban J connectivity index is -0.0000000468. The molecule has 0 unspecified atom stereocenters. The number of carbonyl (C=O) groups excluding carboxylic acids is 1. The summed E-state index contributed by atoms with van der Waals surface area (Å²) in [5.41, 5.74) is 0. The normalized spacial score (nSPS) is 8.95. The molecule has 0 aliphatic carbocycles. The van der Waals surface area contributed by atoms with Crippen molar-refractivity contribution < 1.29 is 136 Å². The van der Waals surface area contributed by atoms with Gasteiger partial charge in [0.05, 0.1) is 0 Å². The first kappa shape index (κ1) is 40.0. The molecule has 0 saturated carbocycles. The summed E-state index contributed by atoms with van der Waals surface area (Å²) >= 11 is 0. The maximum atomic E-state index is 11.1. The Morgan fingerprint density at radius 2 is 0.905 bits per heavy atom. The Morgan fingerprint density at radius 3 is 1.00 bits per heavy atom. The standard InChI is InChI=1S/C9H18O.C7H15.4Y/c1-7(2)5-9(10)6-8(3)4;1-6(2)5-7(3)4;;;;/h7-8H,5-6H2,1-4H3;5-7H,1-4H3;;;;/q;-1;;;;. The summed E-state index contributed by atoms with van der Waals surface area (Å²) in [6.45, 7) is 17.2. The predicted molar refractivity (Wildman–Crippen MR) is 77.9 cm³/mol. The minimum atomic E-state index is 0. The number of Topliss-reactive ketones (excluding diaryl/α,β-unsaturated/α-hetero) is 1. The fourth-order valence-electron chi connectivity index (χ4n) is 1.76. The van der Waals surface area contributed by atoms with Gasteiger partial charge in [-0.15, -0.1) is 0 Å². The molecule has 0 aliphatic heterocycles. The van der Waals surface area contributed by atoms with Crippen molar-refractivity contribution in [3.63, 3.8) is 0 Å². The van der Waals surface area contributed by atoms with Crippen LogP contribution in [0.3, 0.4) is 0 Å².